The highest BCUT2D eigenvalue weighted by molar-refractivity contribution is 5.97. The van der Waals surface area contributed by atoms with E-state index in [-0.39, 0.29) is 5.91 Å². The number of carboxylic acid groups (broad SMARTS) is 1. The van der Waals surface area contributed by atoms with Crippen LogP contribution in [0.2, 0.25) is 0 Å². The van der Waals surface area contributed by atoms with Crippen molar-refractivity contribution in [3.63, 3.8) is 0 Å². The number of nitrogens with one attached hydrogen (secondary N) is 1. The van der Waals surface area contributed by atoms with E-state index in [0.717, 1.165) is 17.5 Å². The van der Waals surface area contributed by atoms with E-state index < -0.39 is 12.0 Å². The first-order valence-corrected chi connectivity index (χ1v) is 8.47. The minimum atomic E-state index is -1.02. The number of unbranched alkanes of at least 4 members (excludes halogenated alkanes) is 1. The third kappa shape index (κ3) is 5.72. The first-order valence-electron chi connectivity index (χ1n) is 8.47. The van der Waals surface area contributed by atoms with Crippen molar-refractivity contribution >= 4 is 11.9 Å². The predicted molar refractivity (Wildman–Crippen MR) is 97.5 cm³/mol. The van der Waals surface area contributed by atoms with E-state index in [1.165, 1.54) is 0 Å². The molecule has 0 radical (unpaired) electrons. The Morgan fingerprint density at radius 2 is 1.68 bits per heavy atom. The van der Waals surface area contributed by atoms with Gasteiger partial charge in [0.05, 0.1) is 0 Å². The van der Waals surface area contributed by atoms with Crippen molar-refractivity contribution < 1.29 is 14.7 Å². The van der Waals surface area contributed by atoms with Crippen LogP contribution in [0.1, 0.15) is 40.7 Å². The number of benzene rings is 2. The molecule has 0 saturated heterocycles. The van der Waals surface area contributed by atoms with Gasteiger partial charge in [-0.2, -0.15) is 0 Å². The summed E-state index contributed by atoms with van der Waals surface area (Å²) in [5.41, 5.74) is 7.92. The maximum Gasteiger partial charge on any atom is 0.326 e. The van der Waals surface area contributed by atoms with Crippen molar-refractivity contribution in [3.8, 4) is 0 Å². The van der Waals surface area contributed by atoms with Crippen molar-refractivity contribution in [3.05, 3.63) is 71.3 Å². The van der Waals surface area contributed by atoms with Gasteiger partial charge in [0.2, 0.25) is 0 Å². The van der Waals surface area contributed by atoms with Gasteiger partial charge in [-0.1, -0.05) is 48.5 Å². The zero-order chi connectivity index (χ0) is 18.1. The second-order valence-electron chi connectivity index (χ2n) is 5.97. The molecule has 0 saturated carbocycles. The van der Waals surface area contributed by atoms with Crippen LogP contribution in [0.4, 0.5) is 0 Å². The molecule has 0 aromatic heterocycles. The van der Waals surface area contributed by atoms with Crippen molar-refractivity contribution in [2.75, 3.05) is 6.54 Å². The van der Waals surface area contributed by atoms with Crippen molar-refractivity contribution in [1.82, 2.24) is 5.32 Å². The molecule has 0 aliphatic carbocycles. The molecule has 2 rings (SSSR count). The summed E-state index contributed by atoms with van der Waals surface area (Å²) in [5.74, 6) is -1.38. The van der Waals surface area contributed by atoms with Crippen LogP contribution in [0.5, 0.6) is 0 Å². The third-order valence-electron chi connectivity index (χ3n) is 4.05. The van der Waals surface area contributed by atoms with Crippen molar-refractivity contribution in [1.29, 1.82) is 0 Å². The van der Waals surface area contributed by atoms with Gasteiger partial charge in [0.25, 0.3) is 5.91 Å². The van der Waals surface area contributed by atoms with Crippen LogP contribution < -0.4 is 11.1 Å². The molecule has 1 atom stereocenters. The number of hydrogen-bond donors (Lipinski definition) is 3. The van der Waals surface area contributed by atoms with Crippen molar-refractivity contribution in [2.24, 2.45) is 5.73 Å². The molecule has 0 aliphatic rings. The minimum Gasteiger partial charge on any atom is -0.480 e. The Morgan fingerprint density at radius 1 is 1.00 bits per heavy atom. The summed E-state index contributed by atoms with van der Waals surface area (Å²) in [6.45, 7) is 0.514. The molecule has 132 valence electrons. The molecule has 4 N–H and O–H groups in total. The fourth-order valence-electron chi connectivity index (χ4n) is 2.70. The molecule has 2 aromatic rings. The summed E-state index contributed by atoms with van der Waals surface area (Å²) in [6, 6.07) is 16.2. The highest BCUT2D eigenvalue weighted by Crippen LogP contribution is 2.15. The smallest absolute Gasteiger partial charge is 0.326 e. The van der Waals surface area contributed by atoms with Gasteiger partial charge in [-0.15, -0.1) is 0 Å². The van der Waals surface area contributed by atoms with Crippen LogP contribution in [0.25, 0.3) is 0 Å². The van der Waals surface area contributed by atoms with Crippen molar-refractivity contribution in [2.45, 2.75) is 31.7 Å². The summed E-state index contributed by atoms with van der Waals surface area (Å²) in [6.07, 6.45) is 2.40. The number of nitrogens with two attached hydrogens (primary N) is 1. The summed E-state index contributed by atoms with van der Waals surface area (Å²) in [4.78, 5) is 24.0. The van der Waals surface area contributed by atoms with E-state index in [2.05, 4.69) is 5.32 Å². The fraction of sp³-hybridized carbons (Fsp3) is 0.300. The molecule has 0 bridgehead atoms. The first-order chi connectivity index (χ1) is 12.1. The number of hydrogen-bond acceptors (Lipinski definition) is 3. The number of amides is 1. The molecule has 5 heteroatoms. The maximum absolute atomic E-state index is 12.6. The number of carbonyl (C=O) groups excluding carboxylic acids is 1. The SMILES string of the molecule is NCCCC[C@@H](NC(=O)c1ccccc1Cc1ccccc1)C(=O)O. The van der Waals surface area contributed by atoms with Gasteiger partial charge in [-0.25, -0.2) is 4.79 Å². The Balaban J connectivity index is 2.11. The van der Waals surface area contributed by atoms with Gasteiger partial charge in [-0.3, -0.25) is 4.79 Å². The monoisotopic (exact) mass is 340 g/mol. The zero-order valence-electron chi connectivity index (χ0n) is 14.2. The fourth-order valence-corrected chi connectivity index (χ4v) is 2.70. The molecule has 0 aliphatic heterocycles. The molecule has 2 aromatic carbocycles. The maximum atomic E-state index is 12.6. The minimum absolute atomic E-state index is 0.355. The van der Waals surface area contributed by atoms with Gasteiger partial charge in [0.15, 0.2) is 0 Å². The Bertz CT molecular complexity index is 701. The number of aliphatic carboxylic acids is 1. The Labute approximate surface area is 147 Å². The summed E-state index contributed by atoms with van der Waals surface area (Å²) < 4.78 is 0. The lowest BCUT2D eigenvalue weighted by atomic mass is 9.99. The lowest BCUT2D eigenvalue weighted by Gasteiger charge is -2.16. The van der Waals surface area contributed by atoms with E-state index in [0.29, 0.717) is 31.4 Å². The Hall–Kier alpha value is -2.66. The summed E-state index contributed by atoms with van der Waals surface area (Å²) >= 11 is 0. The zero-order valence-corrected chi connectivity index (χ0v) is 14.2. The standard InChI is InChI=1S/C20H24N2O3/c21-13-7-6-12-18(20(24)25)22-19(23)17-11-5-4-10-16(17)14-15-8-2-1-3-9-15/h1-5,8-11,18H,6-7,12-14,21H2,(H,22,23)(H,24,25)/t18-/m1/s1. The molecule has 1 amide bonds. The summed E-state index contributed by atoms with van der Waals surface area (Å²) in [5, 5.41) is 12.0. The molecule has 0 spiro atoms. The normalized spacial score (nSPS) is 11.7. The van der Waals surface area contributed by atoms with Gasteiger partial charge >= 0.3 is 5.97 Å². The van der Waals surface area contributed by atoms with E-state index >= 15 is 0 Å². The van der Waals surface area contributed by atoms with Gasteiger partial charge in [0.1, 0.15) is 6.04 Å². The Morgan fingerprint density at radius 3 is 2.36 bits per heavy atom. The summed E-state index contributed by atoms with van der Waals surface area (Å²) in [7, 11) is 0. The van der Waals surface area contributed by atoms with Crippen LogP contribution in [0.15, 0.2) is 54.6 Å². The molecular weight excluding hydrogens is 316 g/mol. The number of rotatable bonds is 9. The molecule has 0 heterocycles. The van der Waals surface area contributed by atoms with Crippen LogP contribution in [0.3, 0.4) is 0 Å². The molecule has 25 heavy (non-hydrogen) atoms. The molecule has 5 nitrogen and oxygen atoms in total. The highest BCUT2D eigenvalue weighted by atomic mass is 16.4. The second kappa shape index (κ2) is 9.59. The largest absolute Gasteiger partial charge is 0.480 e. The van der Waals surface area contributed by atoms with Crippen LogP contribution in [-0.2, 0) is 11.2 Å². The first kappa shape index (κ1) is 18.7. The van der Waals surface area contributed by atoms with Crippen LogP contribution in [-0.4, -0.2) is 29.6 Å². The quantitative estimate of drug-likeness (QED) is 0.612. The van der Waals surface area contributed by atoms with Gasteiger partial charge in [0, 0.05) is 5.56 Å². The Kier molecular flexibility index (Phi) is 7.16. The average Bonchev–Trinajstić information content (AvgIpc) is 2.62. The third-order valence-corrected chi connectivity index (χ3v) is 4.05. The lowest BCUT2D eigenvalue weighted by Crippen LogP contribution is -2.41. The second-order valence-corrected chi connectivity index (χ2v) is 5.97. The van der Waals surface area contributed by atoms with E-state index in [4.69, 9.17) is 5.73 Å². The lowest BCUT2D eigenvalue weighted by molar-refractivity contribution is -0.139. The van der Waals surface area contributed by atoms with Gasteiger partial charge in [-0.05, 0) is 49.4 Å². The predicted octanol–water partition coefficient (Wildman–Crippen LogP) is 2.59. The number of carbonyl (C=O) groups is 2. The van der Waals surface area contributed by atoms with Gasteiger partial charge < -0.3 is 16.2 Å². The average molecular weight is 340 g/mol. The van der Waals surface area contributed by atoms with E-state index in [9.17, 15) is 14.7 Å². The molecular formula is C20H24N2O3. The molecule has 0 fully saturated rings. The highest BCUT2D eigenvalue weighted by Gasteiger charge is 2.21. The van der Waals surface area contributed by atoms with E-state index in [1.54, 1.807) is 12.1 Å². The topological polar surface area (TPSA) is 92.4 Å². The number of carboxylic acids is 1. The molecule has 0 unspecified atom stereocenters. The van der Waals surface area contributed by atoms with E-state index in [1.807, 2.05) is 42.5 Å². The van der Waals surface area contributed by atoms with Crippen LogP contribution in [0, 0.1) is 0 Å². The van der Waals surface area contributed by atoms with Crippen LogP contribution >= 0.6 is 0 Å².